The predicted octanol–water partition coefficient (Wildman–Crippen LogP) is 4.61. The molecule has 1 aliphatic rings. The van der Waals surface area contributed by atoms with Crippen LogP contribution in [0.25, 0.3) is 38.0 Å². The van der Waals surface area contributed by atoms with E-state index in [0.29, 0.717) is 5.82 Å². The summed E-state index contributed by atoms with van der Waals surface area (Å²) in [4.78, 5) is 9.57. The lowest BCUT2D eigenvalue weighted by Gasteiger charge is -2.34. The van der Waals surface area contributed by atoms with Crippen LogP contribution in [0.15, 0.2) is 66.3 Å². The number of likely N-dealkylation sites (N-methyl/N-ethyl adjacent to an activating group) is 1. The topological polar surface area (TPSA) is 62.7 Å². The summed E-state index contributed by atoms with van der Waals surface area (Å²) in [5, 5.41) is 7.93. The number of nitrogen functional groups attached to an aromatic ring is 1. The molecule has 1 saturated heterocycles. The molecule has 0 spiro atoms. The normalized spacial score (nSPS) is 15.1. The highest BCUT2D eigenvalue weighted by Crippen LogP contribution is 2.37. The van der Waals surface area contributed by atoms with Gasteiger partial charge in [0.2, 0.25) is 0 Å². The number of piperazine rings is 1. The summed E-state index contributed by atoms with van der Waals surface area (Å²) < 4.78 is 3.07. The highest BCUT2D eigenvalue weighted by atomic mass is 32.1. The Morgan fingerprint density at radius 3 is 2.50 bits per heavy atom. The van der Waals surface area contributed by atoms with E-state index in [2.05, 4.69) is 75.9 Å². The molecule has 32 heavy (non-hydrogen) atoms. The Hall–Kier alpha value is -3.42. The smallest absolute Gasteiger partial charge is 0.165 e. The van der Waals surface area contributed by atoms with Crippen LogP contribution in [0, 0.1) is 0 Å². The third-order valence-electron chi connectivity index (χ3n) is 6.34. The zero-order valence-corrected chi connectivity index (χ0v) is 18.7. The molecule has 1 aliphatic heterocycles. The van der Waals surface area contributed by atoms with E-state index in [4.69, 9.17) is 10.7 Å². The fourth-order valence-corrected chi connectivity index (χ4v) is 5.40. The minimum atomic E-state index is 0.525. The van der Waals surface area contributed by atoms with E-state index < -0.39 is 0 Å². The summed E-state index contributed by atoms with van der Waals surface area (Å²) in [6, 6.07) is 17.1. The van der Waals surface area contributed by atoms with Crippen molar-refractivity contribution in [2.75, 3.05) is 43.9 Å². The molecular formula is C25H24N6S. The molecule has 7 heteroatoms. The Balaban J connectivity index is 1.35. The lowest BCUT2D eigenvalue weighted by atomic mass is 10.1. The minimum Gasteiger partial charge on any atom is -0.383 e. The van der Waals surface area contributed by atoms with Gasteiger partial charge >= 0.3 is 0 Å². The van der Waals surface area contributed by atoms with Gasteiger partial charge in [-0.1, -0.05) is 30.3 Å². The van der Waals surface area contributed by atoms with Crippen molar-refractivity contribution in [3.05, 3.63) is 66.3 Å². The van der Waals surface area contributed by atoms with Gasteiger partial charge in [-0.25, -0.2) is 9.50 Å². The van der Waals surface area contributed by atoms with E-state index >= 15 is 0 Å². The highest BCUT2D eigenvalue weighted by molar-refractivity contribution is 7.17. The zero-order valence-electron chi connectivity index (χ0n) is 17.9. The molecule has 4 heterocycles. The summed E-state index contributed by atoms with van der Waals surface area (Å²) in [7, 11) is 2.18. The van der Waals surface area contributed by atoms with Crippen LogP contribution in [0.4, 0.5) is 11.5 Å². The first-order valence-corrected chi connectivity index (χ1v) is 11.7. The second-order valence-corrected chi connectivity index (χ2v) is 9.26. The number of hydrogen-bond donors (Lipinski definition) is 1. The van der Waals surface area contributed by atoms with Crippen molar-refractivity contribution in [2.24, 2.45) is 0 Å². The average molecular weight is 441 g/mol. The number of benzene rings is 2. The number of nitrogens with two attached hydrogens (primary N) is 1. The molecule has 2 N–H and O–H groups in total. The largest absolute Gasteiger partial charge is 0.383 e. The van der Waals surface area contributed by atoms with Crippen LogP contribution in [0.3, 0.4) is 0 Å². The Kier molecular flexibility index (Phi) is 4.59. The van der Waals surface area contributed by atoms with Gasteiger partial charge in [-0.2, -0.15) is 5.10 Å². The van der Waals surface area contributed by atoms with Crippen LogP contribution in [-0.2, 0) is 0 Å². The van der Waals surface area contributed by atoms with Crippen molar-refractivity contribution < 1.29 is 0 Å². The molecule has 3 aromatic heterocycles. The average Bonchev–Trinajstić information content (AvgIpc) is 3.43. The van der Waals surface area contributed by atoms with Gasteiger partial charge in [0, 0.05) is 64.8 Å². The van der Waals surface area contributed by atoms with Crippen LogP contribution in [0.1, 0.15) is 0 Å². The van der Waals surface area contributed by atoms with Crippen molar-refractivity contribution in [1.82, 2.24) is 19.5 Å². The monoisotopic (exact) mass is 440 g/mol. The molecule has 1 fully saturated rings. The molecule has 0 bridgehead atoms. The maximum absolute atomic E-state index is 6.45. The maximum atomic E-state index is 6.45. The Morgan fingerprint density at radius 2 is 1.69 bits per heavy atom. The molecule has 5 aromatic rings. The van der Waals surface area contributed by atoms with Crippen molar-refractivity contribution in [2.45, 2.75) is 0 Å². The van der Waals surface area contributed by atoms with Gasteiger partial charge in [-0.15, -0.1) is 11.3 Å². The SMILES string of the molecule is CN1CCN(c2ccc(-c3cnn4cc(-c5csc6ccccc56)c(N)nc34)cc2)CC1. The van der Waals surface area contributed by atoms with E-state index in [0.717, 1.165) is 54.1 Å². The molecule has 0 radical (unpaired) electrons. The van der Waals surface area contributed by atoms with Crippen LogP contribution >= 0.6 is 11.3 Å². The summed E-state index contributed by atoms with van der Waals surface area (Å²) in [5.74, 6) is 0.525. The quantitative estimate of drug-likeness (QED) is 0.444. The Labute approximate surface area is 190 Å². The third kappa shape index (κ3) is 3.21. The van der Waals surface area contributed by atoms with Gasteiger partial charge in [0.15, 0.2) is 5.65 Å². The third-order valence-corrected chi connectivity index (χ3v) is 7.30. The molecule has 2 aromatic carbocycles. The Morgan fingerprint density at radius 1 is 0.906 bits per heavy atom. The second-order valence-electron chi connectivity index (χ2n) is 8.35. The number of fused-ring (bicyclic) bond motifs is 2. The van der Waals surface area contributed by atoms with E-state index in [-0.39, 0.29) is 0 Å². The van der Waals surface area contributed by atoms with Gasteiger partial charge < -0.3 is 15.5 Å². The highest BCUT2D eigenvalue weighted by Gasteiger charge is 2.17. The molecule has 0 unspecified atom stereocenters. The summed E-state index contributed by atoms with van der Waals surface area (Å²) in [5.41, 5.74) is 12.6. The van der Waals surface area contributed by atoms with Crippen molar-refractivity contribution >= 4 is 38.6 Å². The molecular weight excluding hydrogens is 416 g/mol. The number of hydrogen-bond acceptors (Lipinski definition) is 6. The maximum Gasteiger partial charge on any atom is 0.165 e. The van der Waals surface area contributed by atoms with E-state index in [1.54, 1.807) is 11.3 Å². The lowest BCUT2D eigenvalue weighted by molar-refractivity contribution is 0.313. The number of nitrogens with zero attached hydrogens (tertiary/aromatic N) is 5. The minimum absolute atomic E-state index is 0.525. The van der Waals surface area contributed by atoms with Crippen LogP contribution < -0.4 is 10.6 Å². The fraction of sp³-hybridized carbons (Fsp3) is 0.200. The molecule has 160 valence electrons. The molecule has 0 saturated carbocycles. The fourth-order valence-electron chi connectivity index (χ4n) is 4.44. The van der Waals surface area contributed by atoms with Crippen LogP contribution in [-0.4, -0.2) is 52.7 Å². The first kappa shape index (κ1) is 19.3. The van der Waals surface area contributed by atoms with Gasteiger partial charge in [-0.3, -0.25) is 0 Å². The number of anilines is 2. The first-order chi connectivity index (χ1) is 15.7. The standard InChI is InChI=1S/C25H24N6S/c1-29-10-12-30(13-11-29)18-8-6-17(7-9-18)20-14-27-31-15-21(24(26)28-25(20)31)22-16-32-23-5-3-2-4-19(22)23/h2-9,14-16H,10-13H2,1H3,(H2,26,28). The van der Waals surface area contributed by atoms with E-state index in [9.17, 15) is 0 Å². The number of rotatable bonds is 3. The van der Waals surface area contributed by atoms with Gasteiger partial charge in [0.05, 0.1) is 6.20 Å². The molecule has 6 nitrogen and oxygen atoms in total. The predicted molar refractivity (Wildman–Crippen MR) is 133 cm³/mol. The van der Waals surface area contributed by atoms with Crippen LogP contribution in [0.5, 0.6) is 0 Å². The Bertz CT molecular complexity index is 1410. The lowest BCUT2D eigenvalue weighted by Crippen LogP contribution is -2.44. The number of thiophene rings is 1. The van der Waals surface area contributed by atoms with Crippen molar-refractivity contribution in [3.63, 3.8) is 0 Å². The number of aromatic nitrogens is 3. The van der Waals surface area contributed by atoms with E-state index in [1.807, 2.05) is 16.9 Å². The molecule has 0 atom stereocenters. The molecule has 0 amide bonds. The van der Waals surface area contributed by atoms with Crippen molar-refractivity contribution in [3.8, 4) is 22.3 Å². The van der Waals surface area contributed by atoms with Crippen LogP contribution in [0.2, 0.25) is 0 Å². The second kappa shape index (κ2) is 7.62. The van der Waals surface area contributed by atoms with Gasteiger partial charge in [0.1, 0.15) is 5.82 Å². The summed E-state index contributed by atoms with van der Waals surface area (Å²) in [6.07, 6.45) is 3.87. The van der Waals surface area contributed by atoms with Gasteiger partial charge in [0.25, 0.3) is 0 Å². The van der Waals surface area contributed by atoms with E-state index in [1.165, 1.54) is 15.8 Å². The van der Waals surface area contributed by atoms with Crippen molar-refractivity contribution in [1.29, 1.82) is 0 Å². The summed E-state index contributed by atoms with van der Waals surface area (Å²) >= 11 is 1.72. The molecule has 0 aliphatic carbocycles. The molecule has 6 rings (SSSR count). The summed E-state index contributed by atoms with van der Waals surface area (Å²) in [6.45, 7) is 4.32. The zero-order chi connectivity index (χ0) is 21.7. The first-order valence-electron chi connectivity index (χ1n) is 10.8. The van der Waals surface area contributed by atoms with Gasteiger partial charge in [-0.05, 0) is 36.2 Å².